The average Bonchev–Trinajstić information content (AvgIpc) is 3.15. The van der Waals surface area contributed by atoms with Crippen molar-refractivity contribution < 1.29 is 18.3 Å². The Morgan fingerprint density at radius 3 is 2.68 bits per heavy atom. The number of carbonyl (C=O) groups excluding carboxylic acids is 1. The molecule has 4 aromatic rings. The van der Waals surface area contributed by atoms with Crippen molar-refractivity contribution >= 4 is 45.2 Å². The zero-order chi connectivity index (χ0) is 26.9. The Kier molecular flexibility index (Phi) is 5.68. The highest BCUT2D eigenvalue weighted by atomic mass is 35.5. The molecule has 7 nitrogen and oxygen atoms in total. The van der Waals surface area contributed by atoms with Gasteiger partial charge in [-0.15, -0.1) is 0 Å². The van der Waals surface area contributed by atoms with Crippen molar-refractivity contribution in [2.45, 2.75) is 51.8 Å². The molecule has 0 N–H and O–H groups in total. The standard InChI is InChI=1S/C28H26ClF2N5O2/c1-14-33-25-17(26(34-14)35-11-10-19-20(35)13-36(19)27(37)38-28(2,3)4)12-32-24(23(25)31)16-7-5-6-15-8-9-18(30)22(29)21(15)16/h5-9,12,19-20H,10-11,13H2,1-4H3/t19-,20-/m1/s1. The van der Waals surface area contributed by atoms with E-state index in [0.29, 0.717) is 46.5 Å². The van der Waals surface area contributed by atoms with Gasteiger partial charge in [0.2, 0.25) is 0 Å². The molecule has 0 unspecified atom stereocenters. The van der Waals surface area contributed by atoms with E-state index >= 15 is 4.39 Å². The first-order chi connectivity index (χ1) is 18.0. The van der Waals surface area contributed by atoms with Crippen molar-refractivity contribution in [2.24, 2.45) is 0 Å². The lowest BCUT2D eigenvalue weighted by molar-refractivity contribution is -0.00710. The van der Waals surface area contributed by atoms with Crippen LogP contribution >= 0.6 is 11.6 Å². The number of benzene rings is 2. The van der Waals surface area contributed by atoms with Gasteiger partial charge in [-0.2, -0.15) is 0 Å². The van der Waals surface area contributed by atoms with Crippen LogP contribution in [0.3, 0.4) is 0 Å². The predicted octanol–water partition coefficient (Wildman–Crippen LogP) is 6.28. The van der Waals surface area contributed by atoms with Gasteiger partial charge in [-0.1, -0.05) is 35.9 Å². The third-order valence-corrected chi connectivity index (χ3v) is 7.53. The number of amides is 1. The van der Waals surface area contributed by atoms with Gasteiger partial charge in [0.25, 0.3) is 0 Å². The average molecular weight is 538 g/mol. The van der Waals surface area contributed by atoms with Crippen molar-refractivity contribution in [2.75, 3.05) is 18.0 Å². The van der Waals surface area contributed by atoms with Crippen molar-refractivity contribution in [3.8, 4) is 11.3 Å². The highest BCUT2D eigenvalue weighted by Gasteiger charge is 2.51. The van der Waals surface area contributed by atoms with E-state index in [0.717, 1.165) is 6.42 Å². The minimum Gasteiger partial charge on any atom is -0.444 e. The molecule has 0 saturated carbocycles. The van der Waals surface area contributed by atoms with Crippen molar-refractivity contribution in [3.63, 3.8) is 0 Å². The molecule has 196 valence electrons. The first-order valence-electron chi connectivity index (χ1n) is 12.5. The van der Waals surface area contributed by atoms with Crippen LogP contribution in [-0.4, -0.2) is 56.7 Å². The van der Waals surface area contributed by atoms with Crippen LogP contribution in [0.2, 0.25) is 5.02 Å². The molecule has 2 fully saturated rings. The molecule has 2 aliphatic rings. The van der Waals surface area contributed by atoms with Gasteiger partial charge in [-0.3, -0.25) is 4.98 Å². The third-order valence-electron chi connectivity index (χ3n) is 7.16. The summed E-state index contributed by atoms with van der Waals surface area (Å²) in [6.07, 6.45) is 1.99. The molecule has 6 rings (SSSR count). The maximum absolute atomic E-state index is 16.1. The van der Waals surface area contributed by atoms with Crippen LogP contribution in [0.1, 0.15) is 33.0 Å². The third kappa shape index (κ3) is 3.91. The molecule has 38 heavy (non-hydrogen) atoms. The van der Waals surface area contributed by atoms with Crippen molar-refractivity contribution in [1.29, 1.82) is 0 Å². The maximum atomic E-state index is 16.1. The summed E-state index contributed by atoms with van der Waals surface area (Å²) in [6, 6.07) is 8.15. The molecule has 1 amide bonds. The molecular formula is C28H26ClF2N5O2. The smallest absolute Gasteiger partial charge is 0.410 e. The molecule has 2 aliphatic heterocycles. The van der Waals surface area contributed by atoms with E-state index in [1.165, 1.54) is 6.07 Å². The number of likely N-dealkylation sites (tertiary alicyclic amines) is 1. The fourth-order valence-corrected chi connectivity index (χ4v) is 5.75. The summed E-state index contributed by atoms with van der Waals surface area (Å²) in [6.45, 7) is 8.40. The number of aromatic nitrogens is 3. The first kappa shape index (κ1) is 24.7. The number of halogens is 3. The van der Waals surface area contributed by atoms with Crippen molar-refractivity contribution in [3.05, 3.63) is 59.0 Å². The second kappa shape index (κ2) is 8.73. The van der Waals surface area contributed by atoms with E-state index in [1.54, 1.807) is 42.3 Å². The second-order valence-corrected chi connectivity index (χ2v) is 11.2. The Bertz CT molecular complexity index is 1620. The van der Waals surface area contributed by atoms with Gasteiger partial charge in [0.15, 0.2) is 5.82 Å². The number of ether oxygens (including phenoxy) is 1. The van der Waals surface area contributed by atoms with Gasteiger partial charge in [0.05, 0.1) is 22.5 Å². The molecule has 4 heterocycles. The van der Waals surface area contributed by atoms with Crippen LogP contribution in [0.25, 0.3) is 32.9 Å². The summed E-state index contributed by atoms with van der Waals surface area (Å²) in [5.41, 5.74) is -0.00791. The van der Waals surface area contributed by atoms with E-state index < -0.39 is 17.2 Å². The topological polar surface area (TPSA) is 71.5 Å². The Morgan fingerprint density at radius 2 is 1.92 bits per heavy atom. The number of carbonyl (C=O) groups is 1. The van der Waals surface area contributed by atoms with Gasteiger partial charge < -0.3 is 14.5 Å². The van der Waals surface area contributed by atoms with Gasteiger partial charge in [0, 0.05) is 30.2 Å². The minimum atomic E-state index is -0.623. The summed E-state index contributed by atoms with van der Waals surface area (Å²) in [4.78, 5) is 30.0. The summed E-state index contributed by atoms with van der Waals surface area (Å²) < 4.78 is 35.9. The molecule has 2 aromatic carbocycles. The summed E-state index contributed by atoms with van der Waals surface area (Å²) in [5, 5.41) is 1.47. The van der Waals surface area contributed by atoms with Gasteiger partial charge >= 0.3 is 6.09 Å². The zero-order valence-electron chi connectivity index (χ0n) is 21.4. The number of hydrogen-bond acceptors (Lipinski definition) is 6. The van der Waals surface area contributed by atoms with Crippen LogP contribution < -0.4 is 4.90 Å². The second-order valence-electron chi connectivity index (χ2n) is 10.8. The van der Waals surface area contributed by atoms with Gasteiger partial charge in [-0.25, -0.2) is 23.5 Å². The number of aryl methyl sites for hydroxylation is 1. The lowest BCUT2D eigenvalue weighted by Crippen LogP contribution is -2.64. The lowest BCUT2D eigenvalue weighted by atomic mass is 9.98. The van der Waals surface area contributed by atoms with Crippen molar-refractivity contribution in [1.82, 2.24) is 19.9 Å². The van der Waals surface area contributed by atoms with E-state index in [-0.39, 0.29) is 34.4 Å². The van der Waals surface area contributed by atoms with E-state index in [1.807, 2.05) is 20.8 Å². The monoisotopic (exact) mass is 537 g/mol. The van der Waals surface area contributed by atoms with Crippen LogP contribution in [-0.2, 0) is 4.74 Å². The number of rotatable bonds is 2. The lowest BCUT2D eigenvalue weighted by Gasteiger charge is -2.46. The number of pyridine rings is 1. The molecule has 0 aliphatic carbocycles. The number of fused-ring (bicyclic) bond motifs is 3. The molecule has 2 saturated heterocycles. The summed E-state index contributed by atoms with van der Waals surface area (Å²) in [7, 11) is 0. The Morgan fingerprint density at radius 1 is 1.13 bits per heavy atom. The van der Waals surface area contributed by atoms with Gasteiger partial charge in [-0.05, 0) is 45.6 Å². The SMILES string of the molecule is Cc1nc(N2CC[C@@H]3[C@H]2CN3C(=O)OC(C)(C)C)c2cnc(-c3cccc4ccc(F)c(Cl)c34)c(F)c2n1. The minimum absolute atomic E-state index is 0.0000257. The fraction of sp³-hybridized carbons (Fsp3) is 0.357. The molecule has 2 aromatic heterocycles. The predicted molar refractivity (Wildman–Crippen MR) is 142 cm³/mol. The highest BCUT2D eigenvalue weighted by Crippen LogP contribution is 2.41. The maximum Gasteiger partial charge on any atom is 0.410 e. The number of nitrogens with zero attached hydrogens (tertiary/aromatic N) is 5. The Balaban J connectivity index is 1.39. The Hall–Kier alpha value is -3.59. The van der Waals surface area contributed by atoms with E-state index in [4.69, 9.17) is 16.3 Å². The molecule has 0 spiro atoms. The number of hydrogen-bond donors (Lipinski definition) is 0. The molecule has 10 heteroatoms. The first-order valence-corrected chi connectivity index (χ1v) is 12.9. The molecule has 0 bridgehead atoms. The van der Waals surface area contributed by atoms with Crippen LogP contribution in [0, 0.1) is 18.6 Å². The fourth-order valence-electron chi connectivity index (χ4n) is 5.48. The molecular weight excluding hydrogens is 512 g/mol. The Labute approximate surface area is 223 Å². The van der Waals surface area contributed by atoms with Crippen LogP contribution in [0.4, 0.5) is 19.4 Å². The quantitative estimate of drug-likeness (QED) is 0.299. The summed E-state index contributed by atoms with van der Waals surface area (Å²) >= 11 is 6.30. The summed E-state index contributed by atoms with van der Waals surface area (Å²) in [5.74, 6) is -0.208. The van der Waals surface area contributed by atoms with E-state index in [9.17, 15) is 9.18 Å². The van der Waals surface area contributed by atoms with Crippen LogP contribution in [0.5, 0.6) is 0 Å². The normalized spacial score (nSPS) is 19.1. The van der Waals surface area contributed by atoms with E-state index in [2.05, 4.69) is 19.9 Å². The van der Waals surface area contributed by atoms with Crippen LogP contribution in [0.15, 0.2) is 36.5 Å². The molecule has 2 atom stereocenters. The van der Waals surface area contributed by atoms with Gasteiger partial charge in [0.1, 0.15) is 34.3 Å². The zero-order valence-corrected chi connectivity index (χ0v) is 22.2. The highest BCUT2D eigenvalue weighted by molar-refractivity contribution is 6.36. The molecule has 0 radical (unpaired) electrons. The largest absolute Gasteiger partial charge is 0.444 e. The number of anilines is 1.